The molecule has 2 fully saturated rings. The van der Waals surface area contributed by atoms with Gasteiger partial charge < -0.3 is 19.0 Å². The molecule has 0 radical (unpaired) electrons. The number of ether oxygens (including phenoxy) is 3. The predicted molar refractivity (Wildman–Crippen MR) is 81.2 cm³/mol. The minimum absolute atomic E-state index is 0.0220. The van der Waals surface area contributed by atoms with Crippen molar-refractivity contribution in [3.05, 3.63) is 34.0 Å². The number of carbonyl (C=O) groups excluding carboxylic acids is 1. The average Bonchev–Trinajstić information content (AvgIpc) is 3.12. The molecule has 1 aromatic heterocycles. The second-order valence-corrected chi connectivity index (χ2v) is 6.45. The third-order valence-electron chi connectivity index (χ3n) is 3.71. The molecule has 10 heteroatoms. The van der Waals surface area contributed by atoms with Gasteiger partial charge in [-0.1, -0.05) is 6.92 Å². The van der Waals surface area contributed by atoms with Crippen LogP contribution in [0, 0.1) is 10.1 Å². The lowest BCUT2D eigenvalue weighted by Crippen LogP contribution is -2.35. The number of hydrogen-bond donors (Lipinski definition) is 0. The standard InChI is InChI=1S/C14H16N2O7S/c1-2-24-13-8(4-3-5-15-13)14(17)22-9-6-20-12-10(23-16(18)19)7-21-11(9)12/h3-5,9-12H,2,6-7H2,1H3. The summed E-state index contributed by atoms with van der Waals surface area (Å²) in [4.78, 5) is 31.6. The smallest absolute Gasteiger partial charge is 0.341 e. The number of esters is 1. The van der Waals surface area contributed by atoms with Gasteiger partial charge in [-0.2, -0.15) is 0 Å². The molecule has 130 valence electrons. The Bertz CT molecular complexity index is 629. The predicted octanol–water partition coefficient (Wildman–Crippen LogP) is 1.09. The molecule has 9 nitrogen and oxygen atoms in total. The molecule has 2 saturated heterocycles. The van der Waals surface area contributed by atoms with Gasteiger partial charge in [0.1, 0.15) is 17.2 Å². The Balaban J connectivity index is 1.65. The lowest BCUT2D eigenvalue weighted by Gasteiger charge is -2.17. The maximum absolute atomic E-state index is 12.4. The van der Waals surface area contributed by atoms with E-state index in [2.05, 4.69) is 9.82 Å². The van der Waals surface area contributed by atoms with Crippen molar-refractivity contribution in [3.8, 4) is 0 Å². The molecular weight excluding hydrogens is 340 g/mol. The van der Waals surface area contributed by atoms with Crippen molar-refractivity contribution in [3.63, 3.8) is 0 Å². The van der Waals surface area contributed by atoms with E-state index in [0.29, 0.717) is 10.6 Å². The summed E-state index contributed by atoms with van der Waals surface area (Å²) in [5.74, 6) is 0.257. The van der Waals surface area contributed by atoms with Crippen molar-refractivity contribution in [2.75, 3.05) is 19.0 Å². The average molecular weight is 356 g/mol. The zero-order valence-electron chi connectivity index (χ0n) is 12.8. The Hall–Kier alpha value is -1.91. The van der Waals surface area contributed by atoms with E-state index in [9.17, 15) is 14.9 Å². The van der Waals surface area contributed by atoms with E-state index in [0.717, 1.165) is 5.75 Å². The van der Waals surface area contributed by atoms with Gasteiger partial charge in [0.15, 0.2) is 12.2 Å². The second kappa shape index (κ2) is 7.32. The van der Waals surface area contributed by atoms with E-state index in [-0.39, 0.29) is 13.2 Å². The Labute approximate surface area is 141 Å². The highest BCUT2D eigenvalue weighted by molar-refractivity contribution is 7.99. The van der Waals surface area contributed by atoms with Crippen LogP contribution in [-0.4, -0.2) is 59.4 Å². The summed E-state index contributed by atoms with van der Waals surface area (Å²) in [7, 11) is 0. The van der Waals surface area contributed by atoms with Crippen LogP contribution in [0.25, 0.3) is 0 Å². The van der Waals surface area contributed by atoms with Crippen LogP contribution in [0.4, 0.5) is 0 Å². The number of thioether (sulfide) groups is 1. The minimum atomic E-state index is -0.872. The van der Waals surface area contributed by atoms with Gasteiger partial charge in [0.05, 0.1) is 18.8 Å². The number of hydrogen-bond acceptors (Lipinski definition) is 9. The molecule has 0 spiro atoms. The lowest BCUT2D eigenvalue weighted by molar-refractivity contribution is -0.769. The van der Waals surface area contributed by atoms with E-state index >= 15 is 0 Å². The highest BCUT2D eigenvalue weighted by Gasteiger charge is 2.51. The molecule has 1 aromatic rings. The van der Waals surface area contributed by atoms with Crippen LogP contribution in [-0.2, 0) is 19.0 Å². The zero-order valence-corrected chi connectivity index (χ0v) is 13.6. The van der Waals surface area contributed by atoms with Crippen LogP contribution >= 0.6 is 11.8 Å². The van der Waals surface area contributed by atoms with Gasteiger partial charge in [0, 0.05) is 6.20 Å². The molecule has 0 aliphatic carbocycles. The fourth-order valence-electron chi connectivity index (χ4n) is 2.73. The molecule has 0 aromatic carbocycles. The monoisotopic (exact) mass is 356 g/mol. The Morgan fingerprint density at radius 2 is 2.12 bits per heavy atom. The third-order valence-corrected chi connectivity index (χ3v) is 4.60. The molecular formula is C14H16N2O7S. The SMILES string of the molecule is CCSc1ncccc1C(=O)OC1COC2C(O[N+](=O)[O-])COC12. The molecule has 0 bridgehead atoms. The molecule has 2 aliphatic rings. The summed E-state index contributed by atoms with van der Waals surface area (Å²) in [5.41, 5.74) is 0.379. The van der Waals surface area contributed by atoms with Gasteiger partial charge in [-0.3, -0.25) is 0 Å². The number of fused-ring (bicyclic) bond motifs is 1. The normalized spacial score (nSPS) is 28.4. The van der Waals surface area contributed by atoms with Crippen molar-refractivity contribution in [2.45, 2.75) is 36.4 Å². The number of nitrogens with zero attached hydrogens (tertiary/aromatic N) is 2. The quantitative estimate of drug-likeness (QED) is 0.320. The van der Waals surface area contributed by atoms with Crippen molar-refractivity contribution >= 4 is 17.7 Å². The lowest BCUT2D eigenvalue weighted by atomic mass is 10.1. The Morgan fingerprint density at radius 1 is 1.42 bits per heavy atom. The first-order valence-corrected chi connectivity index (χ1v) is 8.42. The number of carbonyl (C=O) groups is 1. The van der Waals surface area contributed by atoms with Crippen molar-refractivity contribution in [1.82, 2.24) is 4.98 Å². The zero-order chi connectivity index (χ0) is 17.1. The Morgan fingerprint density at radius 3 is 2.83 bits per heavy atom. The fraction of sp³-hybridized carbons (Fsp3) is 0.571. The van der Waals surface area contributed by atoms with Gasteiger partial charge in [-0.05, 0) is 17.9 Å². The summed E-state index contributed by atoms with van der Waals surface area (Å²) in [6, 6.07) is 3.31. The van der Waals surface area contributed by atoms with Gasteiger partial charge in [-0.25, -0.2) is 9.78 Å². The summed E-state index contributed by atoms with van der Waals surface area (Å²) in [5, 5.41) is 10.2. The number of pyridine rings is 1. The van der Waals surface area contributed by atoms with Gasteiger partial charge in [0.2, 0.25) is 0 Å². The number of aromatic nitrogens is 1. The van der Waals surface area contributed by atoms with Crippen molar-refractivity contribution in [1.29, 1.82) is 0 Å². The topological polar surface area (TPSA) is 110 Å². The first-order valence-electron chi connectivity index (χ1n) is 7.43. The van der Waals surface area contributed by atoms with Gasteiger partial charge in [0.25, 0.3) is 5.09 Å². The Kier molecular flexibility index (Phi) is 5.17. The van der Waals surface area contributed by atoms with Crippen LogP contribution < -0.4 is 0 Å². The summed E-state index contributed by atoms with van der Waals surface area (Å²) < 4.78 is 16.4. The molecule has 0 amide bonds. The van der Waals surface area contributed by atoms with Crippen LogP contribution in [0.15, 0.2) is 23.4 Å². The maximum Gasteiger partial charge on any atom is 0.341 e. The first kappa shape index (κ1) is 16.9. The largest absolute Gasteiger partial charge is 0.453 e. The molecule has 0 N–H and O–H groups in total. The number of rotatable bonds is 6. The van der Waals surface area contributed by atoms with Crippen molar-refractivity contribution < 1.29 is 28.9 Å². The van der Waals surface area contributed by atoms with Gasteiger partial charge >= 0.3 is 5.97 Å². The van der Waals surface area contributed by atoms with E-state index in [4.69, 9.17) is 14.2 Å². The van der Waals surface area contributed by atoms with Crippen LogP contribution in [0.1, 0.15) is 17.3 Å². The minimum Gasteiger partial charge on any atom is -0.453 e. The van der Waals surface area contributed by atoms with E-state index in [1.165, 1.54) is 11.8 Å². The molecule has 3 heterocycles. The molecule has 24 heavy (non-hydrogen) atoms. The molecule has 0 saturated carbocycles. The molecule has 2 aliphatic heterocycles. The fourth-order valence-corrected chi connectivity index (χ4v) is 3.45. The highest BCUT2D eigenvalue weighted by Crippen LogP contribution is 2.31. The molecule has 4 atom stereocenters. The van der Waals surface area contributed by atoms with E-state index in [1.54, 1.807) is 18.3 Å². The molecule has 3 rings (SSSR count). The van der Waals surface area contributed by atoms with Crippen LogP contribution in [0.5, 0.6) is 0 Å². The maximum atomic E-state index is 12.4. The van der Waals surface area contributed by atoms with E-state index in [1.807, 2.05) is 6.92 Å². The first-order chi connectivity index (χ1) is 11.6. The summed E-state index contributed by atoms with van der Waals surface area (Å²) in [6.07, 6.45) is -1.02. The van der Waals surface area contributed by atoms with Gasteiger partial charge in [-0.15, -0.1) is 21.9 Å². The second-order valence-electron chi connectivity index (χ2n) is 5.20. The molecule has 4 unspecified atom stereocenters. The highest BCUT2D eigenvalue weighted by atomic mass is 32.2. The van der Waals surface area contributed by atoms with E-state index < -0.39 is 35.5 Å². The van der Waals surface area contributed by atoms with Crippen molar-refractivity contribution in [2.24, 2.45) is 0 Å². The summed E-state index contributed by atoms with van der Waals surface area (Å²) >= 11 is 1.45. The summed E-state index contributed by atoms with van der Waals surface area (Å²) in [6.45, 7) is 2.09. The third kappa shape index (κ3) is 3.45. The van der Waals surface area contributed by atoms with Crippen LogP contribution in [0.2, 0.25) is 0 Å². The van der Waals surface area contributed by atoms with Crippen LogP contribution in [0.3, 0.4) is 0 Å².